The highest BCUT2D eigenvalue weighted by Crippen LogP contribution is 2.41. The van der Waals surface area contributed by atoms with Gasteiger partial charge in [0.2, 0.25) is 8.03 Å². The maximum absolute atomic E-state index is 11.6. The van der Waals surface area contributed by atoms with E-state index in [0.717, 1.165) is 0 Å². The first-order chi connectivity index (χ1) is 7.16. The first-order valence-corrected chi connectivity index (χ1v) is 6.00. The van der Waals surface area contributed by atoms with Crippen molar-refractivity contribution in [2.24, 2.45) is 0 Å². The molecule has 0 fully saturated rings. The number of benzene rings is 1. The molecule has 0 bridgehead atoms. The van der Waals surface area contributed by atoms with E-state index in [4.69, 9.17) is 9.63 Å². The molecule has 1 aromatic carbocycles. The normalized spacial score (nSPS) is 14.5. The summed E-state index contributed by atoms with van der Waals surface area (Å²) in [6, 6.07) is 8.49. The van der Waals surface area contributed by atoms with Gasteiger partial charge in [-0.2, -0.15) is 0 Å². The first kappa shape index (κ1) is 12.0. The SMILES string of the molecule is CCO[PH](=O)C(C(=O)O)c1ccccc1. The van der Waals surface area contributed by atoms with Crippen LogP contribution in [0.15, 0.2) is 30.3 Å². The summed E-state index contributed by atoms with van der Waals surface area (Å²) in [6.45, 7) is 1.95. The van der Waals surface area contributed by atoms with E-state index in [0.29, 0.717) is 5.56 Å². The third kappa shape index (κ3) is 3.18. The molecule has 0 saturated carbocycles. The van der Waals surface area contributed by atoms with Gasteiger partial charge in [0.15, 0.2) is 5.66 Å². The summed E-state index contributed by atoms with van der Waals surface area (Å²) in [6.07, 6.45) is 0. The second kappa shape index (κ2) is 5.69. The molecule has 0 aliphatic carbocycles. The summed E-state index contributed by atoms with van der Waals surface area (Å²) < 4.78 is 16.5. The Kier molecular flexibility index (Phi) is 4.53. The van der Waals surface area contributed by atoms with Gasteiger partial charge in [0.1, 0.15) is 0 Å². The molecule has 2 atom stereocenters. The molecule has 0 spiro atoms. The van der Waals surface area contributed by atoms with Crippen molar-refractivity contribution in [2.45, 2.75) is 12.6 Å². The molecule has 2 unspecified atom stereocenters. The second-order valence-corrected chi connectivity index (χ2v) is 4.44. The van der Waals surface area contributed by atoms with E-state index in [1.807, 2.05) is 0 Å². The van der Waals surface area contributed by atoms with Crippen LogP contribution in [0.4, 0.5) is 0 Å². The van der Waals surface area contributed by atoms with Crippen LogP contribution in [-0.4, -0.2) is 17.7 Å². The molecule has 1 aromatic rings. The van der Waals surface area contributed by atoms with Gasteiger partial charge in [-0.25, -0.2) is 0 Å². The Balaban J connectivity index is 2.94. The van der Waals surface area contributed by atoms with Crippen LogP contribution in [0.5, 0.6) is 0 Å². The van der Waals surface area contributed by atoms with E-state index in [9.17, 15) is 9.36 Å². The molecule has 1 N–H and O–H groups in total. The maximum atomic E-state index is 11.6. The molecule has 0 aromatic heterocycles. The number of hydrogen-bond acceptors (Lipinski definition) is 3. The quantitative estimate of drug-likeness (QED) is 0.785. The minimum Gasteiger partial charge on any atom is -0.480 e. The van der Waals surface area contributed by atoms with Crippen LogP contribution in [0.1, 0.15) is 18.1 Å². The molecule has 0 heterocycles. The summed E-state index contributed by atoms with van der Waals surface area (Å²) in [5.41, 5.74) is -0.529. The van der Waals surface area contributed by atoms with Crippen LogP contribution in [0, 0.1) is 0 Å². The molecule has 0 aliphatic rings. The average Bonchev–Trinajstić information content (AvgIpc) is 2.19. The van der Waals surface area contributed by atoms with Gasteiger partial charge in [0, 0.05) is 0 Å². The van der Waals surface area contributed by atoms with Gasteiger partial charge in [0.05, 0.1) is 6.61 Å². The molecular weight excluding hydrogens is 215 g/mol. The zero-order valence-corrected chi connectivity index (χ0v) is 9.34. The Morgan fingerprint density at radius 1 is 1.47 bits per heavy atom. The van der Waals surface area contributed by atoms with Gasteiger partial charge in [-0.3, -0.25) is 9.36 Å². The van der Waals surface area contributed by atoms with Gasteiger partial charge in [-0.05, 0) is 12.5 Å². The van der Waals surface area contributed by atoms with E-state index in [2.05, 4.69) is 0 Å². The maximum Gasteiger partial charge on any atom is 0.320 e. The summed E-state index contributed by atoms with van der Waals surface area (Å²) >= 11 is 0. The Bertz CT molecular complexity index is 350. The fraction of sp³-hybridized carbons (Fsp3) is 0.300. The lowest BCUT2D eigenvalue weighted by Gasteiger charge is -2.11. The van der Waals surface area contributed by atoms with E-state index in [1.165, 1.54) is 0 Å². The third-order valence-electron chi connectivity index (χ3n) is 1.90. The van der Waals surface area contributed by atoms with E-state index < -0.39 is 19.7 Å². The third-order valence-corrected chi connectivity index (χ3v) is 3.53. The van der Waals surface area contributed by atoms with Crippen molar-refractivity contribution in [1.82, 2.24) is 0 Å². The van der Waals surface area contributed by atoms with Gasteiger partial charge in [-0.15, -0.1) is 0 Å². The molecule has 5 heteroatoms. The van der Waals surface area contributed by atoms with Gasteiger partial charge >= 0.3 is 5.97 Å². The zero-order valence-electron chi connectivity index (χ0n) is 8.34. The van der Waals surface area contributed by atoms with Crippen LogP contribution in [-0.2, 0) is 13.9 Å². The number of hydrogen-bond donors (Lipinski definition) is 1. The Morgan fingerprint density at radius 2 is 2.07 bits per heavy atom. The monoisotopic (exact) mass is 228 g/mol. The van der Waals surface area contributed by atoms with Crippen LogP contribution < -0.4 is 0 Å². The minimum absolute atomic E-state index is 0.258. The molecule has 0 amide bonds. The van der Waals surface area contributed by atoms with Crippen molar-refractivity contribution in [3.63, 3.8) is 0 Å². The molecule has 1 rings (SSSR count). The lowest BCUT2D eigenvalue weighted by Crippen LogP contribution is -2.08. The second-order valence-electron chi connectivity index (χ2n) is 2.93. The van der Waals surface area contributed by atoms with Crippen molar-refractivity contribution < 1.29 is 19.0 Å². The standard InChI is InChI=1S/C10H13O4P/c1-2-14-15(13)9(10(11)12)8-6-4-3-5-7-8/h3-7,9,15H,2H2,1H3,(H,11,12). The van der Waals surface area contributed by atoms with Gasteiger partial charge in [-0.1, -0.05) is 30.3 Å². The van der Waals surface area contributed by atoms with E-state index >= 15 is 0 Å². The summed E-state index contributed by atoms with van der Waals surface area (Å²) in [5.74, 6) is -1.11. The first-order valence-electron chi connectivity index (χ1n) is 4.61. The predicted octanol–water partition coefficient (Wildman–Crippen LogP) is 2.32. The van der Waals surface area contributed by atoms with Crippen LogP contribution in [0.2, 0.25) is 0 Å². The Labute approximate surface area is 88.8 Å². The number of carboxylic acid groups (broad SMARTS) is 1. The smallest absolute Gasteiger partial charge is 0.320 e. The molecule has 82 valence electrons. The molecule has 0 aliphatic heterocycles. The van der Waals surface area contributed by atoms with E-state index in [1.54, 1.807) is 37.3 Å². The van der Waals surface area contributed by atoms with Gasteiger partial charge < -0.3 is 9.63 Å². The molecule has 0 radical (unpaired) electrons. The van der Waals surface area contributed by atoms with Crippen LogP contribution in [0.3, 0.4) is 0 Å². The molecule has 15 heavy (non-hydrogen) atoms. The van der Waals surface area contributed by atoms with Crippen molar-refractivity contribution in [3.8, 4) is 0 Å². The van der Waals surface area contributed by atoms with Crippen molar-refractivity contribution >= 4 is 14.0 Å². The van der Waals surface area contributed by atoms with Crippen LogP contribution >= 0.6 is 8.03 Å². The molecule has 0 saturated heterocycles. The lowest BCUT2D eigenvalue weighted by atomic mass is 10.1. The van der Waals surface area contributed by atoms with Crippen molar-refractivity contribution in [3.05, 3.63) is 35.9 Å². The fourth-order valence-electron chi connectivity index (χ4n) is 1.25. The highest BCUT2D eigenvalue weighted by molar-refractivity contribution is 7.40. The van der Waals surface area contributed by atoms with Crippen LogP contribution in [0.25, 0.3) is 0 Å². The van der Waals surface area contributed by atoms with Gasteiger partial charge in [0.25, 0.3) is 0 Å². The number of rotatable bonds is 5. The highest BCUT2D eigenvalue weighted by atomic mass is 31.1. The van der Waals surface area contributed by atoms with Crippen molar-refractivity contribution in [2.75, 3.05) is 6.61 Å². The Hall–Kier alpha value is -1.12. The Morgan fingerprint density at radius 3 is 2.53 bits per heavy atom. The average molecular weight is 228 g/mol. The predicted molar refractivity (Wildman–Crippen MR) is 57.4 cm³/mol. The summed E-state index contributed by atoms with van der Waals surface area (Å²) in [7, 11) is -2.58. The van der Waals surface area contributed by atoms with E-state index in [-0.39, 0.29) is 6.61 Å². The lowest BCUT2D eigenvalue weighted by molar-refractivity contribution is -0.136. The zero-order chi connectivity index (χ0) is 11.3. The summed E-state index contributed by atoms with van der Waals surface area (Å²) in [5, 5.41) is 8.97. The number of aliphatic carboxylic acids is 1. The number of carboxylic acids is 1. The minimum atomic E-state index is -2.58. The van der Waals surface area contributed by atoms with Crippen molar-refractivity contribution in [1.29, 1.82) is 0 Å². The largest absolute Gasteiger partial charge is 0.480 e. The molecule has 4 nitrogen and oxygen atoms in total. The highest BCUT2D eigenvalue weighted by Gasteiger charge is 2.26. The molecular formula is C10H13O4P. The summed E-state index contributed by atoms with van der Waals surface area (Å²) in [4.78, 5) is 11.0. The fourth-order valence-corrected chi connectivity index (χ4v) is 2.37. The number of carbonyl (C=O) groups is 1. The topological polar surface area (TPSA) is 63.6 Å².